The molecule has 0 unspecified atom stereocenters. The molecule has 33 heavy (non-hydrogen) atoms. The summed E-state index contributed by atoms with van der Waals surface area (Å²) in [6, 6.07) is 10.5. The van der Waals surface area contributed by atoms with Crippen molar-refractivity contribution in [2.24, 2.45) is 0 Å². The number of carboxylic acids is 1. The van der Waals surface area contributed by atoms with Gasteiger partial charge in [-0.05, 0) is 61.1 Å². The average Bonchev–Trinajstić information content (AvgIpc) is 3.39. The van der Waals surface area contributed by atoms with Crippen LogP contribution in [0.5, 0.6) is 5.75 Å². The summed E-state index contributed by atoms with van der Waals surface area (Å²) in [5, 5.41) is 10.1. The summed E-state index contributed by atoms with van der Waals surface area (Å²) >= 11 is 1.53. The number of ether oxygens (including phenoxy) is 1. The summed E-state index contributed by atoms with van der Waals surface area (Å²) in [5.41, 5.74) is 4.87. The van der Waals surface area contributed by atoms with Crippen molar-refractivity contribution < 1.29 is 23.1 Å². The predicted molar refractivity (Wildman–Crippen MR) is 126 cm³/mol. The first-order chi connectivity index (χ1) is 15.8. The van der Waals surface area contributed by atoms with Crippen molar-refractivity contribution >= 4 is 33.2 Å². The van der Waals surface area contributed by atoms with Crippen molar-refractivity contribution in [2.75, 3.05) is 11.8 Å². The Kier molecular flexibility index (Phi) is 5.59. The molecule has 2 N–H and O–H groups in total. The van der Waals surface area contributed by atoms with E-state index in [9.17, 15) is 13.2 Å². The number of benzene rings is 2. The maximum absolute atomic E-state index is 13.0. The molecular weight excluding hydrogens is 462 g/mol. The molecule has 0 radical (unpaired) electrons. The number of carboxylic acid groups (broad SMARTS) is 1. The van der Waals surface area contributed by atoms with Crippen LogP contribution in [-0.4, -0.2) is 35.9 Å². The Morgan fingerprint density at radius 1 is 1.12 bits per heavy atom. The van der Waals surface area contributed by atoms with Gasteiger partial charge in [0.1, 0.15) is 10.8 Å². The molecule has 0 bridgehead atoms. The maximum atomic E-state index is 13.0. The van der Waals surface area contributed by atoms with Crippen molar-refractivity contribution in [2.45, 2.75) is 38.8 Å². The fourth-order valence-electron chi connectivity index (χ4n) is 4.29. The molecule has 10 heteroatoms. The number of rotatable bonds is 6. The maximum Gasteiger partial charge on any atom is 0.335 e. The van der Waals surface area contributed by atoms with Crippen molar-refractivity contribution in [1.29, 1.82) is 0 Å². The topological polar surface area (TPSA) is 109 Å². The monoisotopic (exact) mass is 485 g/mol. The highest BCUT2D eigenvalue weighted by Crippen LogP contribution is 2.37. The highest BCUT2D eigenvalue weighted by molar-refractivity contribution is 7.90. The Hall–Kier alpha value is -2.95. The number of fused-ring (bicyclic) bond motifs is 2. The minimum atomic E-state index is -3.88. The van der Waals surface area contributed by atoms with Crippen molar-refractivity contribution in [3.63, 3.8) is 0 Å². The Labute approximate surface area is 196 Å². The van der Waals surface area contributed by atoms with E-state index >= 15 is 0 Å². The fourth-order valence-corrected chi connectivity index (χ4v) is 6.62. The van der Waals surface area contributed by atoms with Gasteiger partial charge in [0.25, 0.3) is 0 Å². The number of aromatic carboxylic acids is 1. The zero-order valence-corrected chi connectivity index (χ0v) is 19.6. The van der Waals surface area contributed by atoms with Crippen LogP contribution in [0.15, 0.2) is 36.4 Å². The first-order valence-electron chi connectivity index (χ1n) is 10.6. The van der Waals surface area contributed by atoms with Gasteiger partial charge in [-0.2, -0.15) is 12.7 Å². The molecule has 3 aromatic rings. The second-order valence-corrected chi connectivity index (χ2v) is 10.9. The zero-order valence-electron chi connectivity index (χ0n) is 18.0. The molecule has 0 fully saturated rings. The van der Waals surface area contributed by atoms with Crippen LogP contribution in [0.25, 0.3) is 10.6 Å². The lowest BCUT2D eigenvalue weighted by atomic mass is 9.90. The molecule has 1 aliphatic heterocycles. The van der Waals surface area contributed by atoms with Crippen LogP contribution in [0.1, 0.15) is 44.9 Å². The predicted octanol–water partition coefficient (Wildman–Crippen LogP) is 4.07. The van der Waals surface area contributed by atoms with E-state index in [4.69, 9.17) is 14.8 Å². The van der Waals surface area contributed by atoms with Crippen LogP contribution in [-0.2, 0) is 36.1 Å². The van der Waals surface area contributed by atoms with Crippen LogP contribution in [0.3, 0.4) is 0 Å². The molecule has 0 atom stereocenters. The van der Waals surface area contributed by atoms with E-state index in [1.54, 1.807) is 0 Å². The highest BCUT2D eigenvalue weighted by Gasteiger charge is 2.33. The minimum Gasteiger partial charge on any atom is -0.495 e. The van der Waals surface area contributed by atoms with Gasteiger partial charge in [0.15, 0.2) is 0 Å². The van der Waals surface area contributed by atoms with Crippen molar-refractivity contribution in [3.8, 4) is 16.3 Å². The molecule has 1 aliphatic carbocycles. The number of nitrogens with one attached hydrogen (secondary N) is 1. The van der Waals surface area contributed by atoms with Crippen LogP contribution >= 0.6 is 11.3 Å². The number of hydrogen-bond donors (Lipinski definition) is 2. The molecule has 0 saturated heterocycles. The summed E-state index contributed by atoms with van der Waals surface area (Å²) in [6.07, 6.45) is 4.69. The van der Waals surface area contributed by atoms with Gasteiger partial charge in [0.05, 0.1) is 37.1 Å². The number of methoxy groups -OCH3 is 1. The lowest BCUT2D eigenvalue weighted by Gasteiger charge is -2.18. The van der Waals surface area contributed by atoms with E-state index < -0.39 is 16.2 Å². The van der Waals surface area contributed by atoms with Crippen LogP contribution < -0.4 is 9.46 Å². The third kappa shape index (κ3) is 4.21. The summed E-state index contributed by atoms with van der Waals surface area (Å²) in [4.78, 5) is 16.8. The van der Waals surface area contributed by atoms with E-state index in [-0.39, 0.29) is 30.1 Å². The first-order valence-corrected chi connectivity index (χ1v) is 12.9. The Balaban J connectivity index is 1.33. The number of aromatic nitrogens is 1. The van der Waals surface area contributed by atoms with E-state index in [2.05, 4.69) is 22.9 Å². The Bertz CT molecular complexity index is 1330. The smallest absolute Gasteiger partial charge is 0.335 e. The number of nitrogens with zero attached hydrogens (tertiary/aromatic N) is 2. The quantitative estimate of drug-likeness (QED) is 0.545. The Morgan fingerprint density at radius 2 is 1.91 bits per heavy atom. The van der Waals surface area contributed by atoms with Gasteiger partial charge in [-0.25, -0.2) is 9.78 Å². The van der Waals surface area contributed by atoms with Gasteiger partial charge in [-0.3, -0.25) is 4.72 Å². The fraction of sp³-hybridized carbons (Fsp3) is 0.304. The third-order valence-corrected chi connectivity index (χ3v) is 8.59. The van der Waals surface area contributed by atoms with Gasteiger partial charge < -0.3 is 9.84 Å². The van der Waals surface area contributed by atoms with E-state index in [0.717, 1.165) is 34.0 Å². The second-order valence-electron chi connectivity index (χ2n) is 8.17. The molecule has 172 valence electrons. The number of hydrogen-bond acceptors (Lipinski definition) is 6. The van der Waals surface area contributed by atoms with Gasteiger partial charge in [0, 0.05) is 10.4 Å². The molecule has 2 aliphatic rings. The van der Waals surface area contributed by atoms with Crippen LogP contribution in [0.2, 0.25) is 0 Å². The summed E-state index contributed by atoms with van der Waals surface area (Å²) < 4.78 is 35.0. The number of aryl methyl sites for hydroxylation is 2. The zero-order chi connectivity index (χ0) is 23.2. The molecule has 5 rings (SSSR count). The SMILES string of the molecule is COc1cc(C(=O)O)ccc1NS(=O)(=O)N1Cc2nc(-c3ccc4c(c3)CCCC4)sc2C1. The molecule has 0 saturated carbocycles. The van der Waals surface area contributed by atoms with E-state index in [1.165, 1.54) is 64.9 Å². The average molecular weight is 486 g/mol. The van der Waals surface area contributed by atoms with Crippen molar-refractivity contribution in [3.05, 3.63) is 63.7 Å². The Morgan fingerprint density at radius 3 is 2.64 bits per heavy atom. The molecule has 2 aromatic carbocycles. The normalized spacial score (nSPS) is 15.7. The molecule has 0 amide bonds. The largest absolute Gasteiger partial charge is 0.495 e. The third-order valence-electron chi connectivity index (χ3n) is 6.05. The van der Waals surface area contributed by atoms with Gasteiger partial charge in [-0.1, -0.05) is 12.1 Å². The number of thiazole rings is 1. The second kappa shape index (κ2) is 8.44. The summed E-state index contributed by atoms with van der Waals surface area (Å²) in [5.74, 6) is -0.979. The number of anilines is 1. The lowest BCUT2D eigenvalue weighted by Crippen LogP contribution is -2.31. The molecule has 0 spiro atoms. The first kappa shape index (κ1) is 21.9. The molecular formula is C23H23N3O5S2. The molecule has 8 nitrogen and oxygen atoms in total. The molecule has 2 heterocycles. The van der Waals surface area contributed by atoms with E-state index in [0.29, 0.717) is 0 Å². The van der Waals surface area contributed by atoms with Crippen LogP contribution in [0, 0.1) is 0 Å². The van der Waals surface area contributed by atoms with Gasteiger partial charge in [-0.15, -0.1) is 11.3 Å². The molecule has 1 aromatic heterocycles. The van der Waals surface area contributed by atoms with Crippen LogP contribution in [0.4, 0.5) is 5.69 Å². The minimum absolute atomic E-state index is 0.0112. The highest BCUT2D eigenvalue weighted by atomic mass is 32.2. The summed E-state index contributed by atoms with van der Waals surface area (Å²) in [6.45, 7) is 0.421. The lowest BCUT2D eigenvalue weighted by molar-refractivity contribution is 0.0696. The van der Waals surface area contributed by atoms with E-state index in [1.807, 2.05) is 0 Å². The van der Waals surface area contributed by atoms with Gasteiger partial charge >= 0.3 is 16.2 Å². The summed E-state index contributed by atoms with van der Waals surface area (Å²) in [7, 11) is -2.52. The van der Waals surface area contributed by atoms with Crippen molar-refractivity contribution in [1.82, 2.24) is 9.29 Å². The standard InChI is InChI=1S/C23H23N3O5S2/c1-31-20-11-17(23(27)28)8-9-18(20)25-33(29,30)26-12-19-21(13-26)32-22(24-19)16-7-6-14-4-2-3-5-15(14)10-16/h6-11,25H,2-5,12-13H2,1H3,(H,27,28). The van der Waals surface area contributed by atoms with Gasteiger partial charge in [0.2, 0.25) is 0 Å². The number of carbonyl (C=O) groups is 1.